The summed E-state index contributed by atoms with van der Waals surface area (Å²) in [4.78, 5) is 25.1. The lowest BCUT2D eigenvalue weighted by molar-refractivity contribution is -0.117. The summed E-state index contributed by atoms with van der Waals surface area (Å²) in [7, 11) is 0. The van der Waals surface area contributed by atoms with Crippen LogP contribution >= 0.6 is 28.1 Å². The van der Waals surface area contributed by atoms with Crippen LogP contribution in [-0.4, -0.2) is 23.5 Å². The minimum atomic E-state index is -0.354. The van der Waals surface area contributed by atoms with Crippen molar-refractivity contribution in [3.63, 3.8) is 0 Å². The van der Waals surface area contributed by atoms with Crippen LogP contribution in [0.2, 0.25) is 0 Å². The molecule has 1 aliphatic rings. The number of carbonyl (C=O) groups is 2. The van der Waals surface area contributed by atoms with Crippen LogP contribution in [0.25, 0.3) is 0 Å². The molecule has 2 aromatic carbocycles. The number of anilines is 2. The molecule has 1 fully saturated rings. The summed E-state index contributed by atoms with van der Waals surface area (Å²) in [5, 5.41) is 8.93. The molecule has 0 atom stereocenters. The van der Waals surface area contributed by atoms with Gasteiger partial charge in [-0.25, -0.2) is 0 Å². The summed E-state index contributed by atoms with van der Waals surface area (Å²) in [6.07, 6.45) is 6.26. The molecular weight excluding hydrogens is 502 g/mol. The molecule has 1 saturated carbocycles. The molecule has 0 bridgehead atoms. The van der Waals surface area contributed by atoms with Crippen LogP contribution in [0.15, 0.2) is 40.9 Å². The predicted octanol–water partition coefficient (Wildman–Crippen LogP) is 6.19. The SMILES string of the molecule is CCCCCCOc1ccc(Br)cc1C(=O)NC(=S)Nc1cccc(NC(=O)C2CC2)c1C. The molecule has 0 saturated heterocycles. The second kappa shape index (κ2) is 12.1. The lowest BCUT2D eigenvalue weighted by atomic mass is 10.1. The highest BCUT2D eigenvalue weighted by molar-refractivity contribution is 9.10. The summed E-state index contributed by atoms with van der Waals surface area (Å²) in [5.74, 6) is 0.335. The van der Waals surface area contributed by atoms with Gasteiger partial charge in [-0.3, -0.25) is 14.9 Å². The first kappa shape index (κ1) is 25.2. The molecule has 0 aliphatic heterocycles. The van der Waals surface area contributed by atoms with Crippen LogP contribution < -0.4 is 20.7 Å². The Balaban J connectivity index is 1.62. The first-order chi connectivity index (χ1) is 15.9. The maximum atomic E-state index is 12.9. The highest BCUT2D eigenvalue weighted by atomic mass is 79.9. The molecular formula is C25H30BrN3O3S. The fourth-order valence-electron chi connectivity index (χ4n) is 3.33. The minimum Gasteiger partial charge on any atom is -0.493 e. The van der Waals surface area contributed by atoms with E-state index in [1.165, 1.54) is 6.42 Å². The highest BCUT2D eigenvalue weighted by Crippen LogP contribution is 2.31. The quantitative estimate of drug-likeness (QED) is 0.251. The summed E-state index contributed by atoms with van der Waals surface area (Å²) in [5.41, 5.74) is 2.71. The topological polar surface area (TPSA) is 79.5 Å². The third kappa shape index (κ3) is 7.54. The Labute approximate surface area is 209 Å². The van der Waals surface area contributed by atoms with Crippen molar-refractivity contribution >= 4 is 56.4 Å². The van der Waals surface area contributed by atoms with Crippen molar-refractivity contribution < 1.29 is 14.3 Å². The van der Waals surface area contributed by atoms with E-state index in [2.05, 4.69) is 38.8 Å². The molecule has 2 amide bonds. The normalized spacial score (nSPS) is 12.7. The molecule has 0 aromatic heterocycles. The monoisotopic (exact) mass is 531 g/mol. The smallest absolute Gasteiger partial charge is 0.261 e. The van der Waals surface area contributed by atoms with Gasteiger partial charge in [0.1, 0.15) is 5.75 Å². The van der Waals surface area contributed by atoms with Gasteiger partial charge in [-0.15, -0.1) is 0 Å². The number of unbranched alkanes of at least 4 members (excludes halogenated alkanes) is 3. The Morgan fingerprint density at radius 3 is 2.52 bits per heavy atom. The zero-order valence-corrected chi connectivity index (χ0v) is 21.4. The fraction of sp³-hybridized carbons (Fsp3) is 0.400. The van der Waals surface area contributed by atoms with E-state index < -0.39 is 0 Å². The van der Waals surface area contributed by atoms with Crippen LogP contribution in [0, 0.1) is 12.8 Å². The molecule has 0 unspecified atom stereocenters. The summed E-state index contributed by atoms with van der Waals surface area (Å²) >= 11 is 8.80. The predicted molar refractivity (Wildman–Crippen MR) is 140 cm³/mol. The largest absolute Gasteiger partial charge is 0.493 e. The molecule has 3 N–H and O–H groups in total. The second-order valence-electron chi connectivity index (χ2n) is 8.20. The number of carbonyl (C=O) groups excluding carboxylic acids is 2. The van der Waals surface area contributed by atoms with Gasteiger partial charge in [-0.2, -0.15) is 0 Å². The van der Waals surface area contributed by atoms with E-state index in [0.29, 0.717) is 17.9 Å². The number of hydrogen-bond acceptors (Lipinski definition) is 4. The van der Waals surface area contributed by atoms with E-state index in [0.717, 1.165) is 53.5 Å². The van der Waals surface area contributed by atoms with Crippen LogP contribution in [0.5, 0.6) is 5.75 Å². The molecule has 33 heavy (non-hydrogen) atoms. The molecule has 0 spiro atoms. The van der Waals surface area contributed by atoms with E-state index >= 15 is 0 Å². The molecule has 0 heterocycles. The van der Waals surface area contributed by atoms with Crippen molar-refractivity contribution in [2.75, 3.05) is 17.2 Å². The molecule has 176 valence electrons. The molecule has 3 rings (SSSR count). The molecule has 8 heteroatoms. The van der Waals surface area contributed by atoms with Crippen molar-refractivity contribution in [1.82, 2.24) is 5.32 Å². The first-order valence-corrected chi connectivity index (χ1v) is 12.5. The standard InChI is InChI=1S/C25H30BrN3O3S/c1-3-4-5-6-14-32-22-13-12-18(26)15-19(22)24(31)29-25(33)28-21-9-7-8-20(16(21)2)27-23(30)17-10-11-17/h7-9,12-13,15,17H,3-6,10-11,14H2,1-2H3,(H,27,30)(H2,28,29,31,33). The Bertz CT molecular complexity index is 1020. The van der Waals surface area contributed by atoms with E-state index in [1.807, 2.05) is 31.2 Å². The second-order valence-corrected chi connectivity index (χ2v) is 9.52. The summed E-state index contributed by atoms with van der Waals surface area (Å²) < 4.78 is 6.65. The number of ether oxygens (including phenoxy) is 1. The van der Waals surface area contributed by atoms with Crippen molar-refractivity contribution in [1.29, 1.82) is 0 Å². The number of nitrogens with one attached hydrogen (secondary N) is 3. The van der Waals surface area contributed by atoms with Crippen molar-refractivity contribution in [2.24, 2.45) is 5.92 Å². The van der Waals surface area contributed by atoms with Crippen molar-refractivity contribution in [3.05, 3.63) is 52.0 Å². The van der Waals surface area contributed by atoms with Gasteiger partial charge in [0.15, 0.2) is 5.11 Å². The minimum absolute atomic E-state index is 0.0445. The zero-order chi connectivity index (χ0) is 23.8. The highest BCUT2D eigenvalue weighted by Gasteiger charge is 2.29. The maximum absolute atomic E-state index is 12.9. The number of hydrogen-bond donors (Lipinski definition) is 3. The number of benzene rings is 2. The van der Waals surface area contributed by atoms with Gasteiger partial charge in [-0.05, 0) is 74.3 Å². The van der Waals surface area contributed by atoms with Gasteiger partial charge in [0.05, 0.1) is 12.2 Å². The molecule has 2 aromatic rings. The number of halogens is 1. The van der Waals surface area contributed by atoms with E-state index in [-0.39, 0.29) is 22.8 Å². The van der Waals surface area contributed by atoms with Gasteiger partial charge < -0.3 is 15.4 Å². The lowest BCUT2D eigenvalue weighted by Gasteiger charge is -2.16. The van der Waals surface area contributed by atoms with Crippen LogP contribution in [0.4, 0.5) is 11.4 Å². The molecule has 6 nitrogen and oxygen atoms in total. The Morgan fingerprint density at radius 2 is 1.82 bits per heavy atom. The average Bonchev–Trinajstić information content (AvgIpc) is 3.62. The van der Waals surface area contributed by atoms with Crippen molar-refractivity contribution in [3.8, 4) is 5.75 Å². The van der Waals surface area contributed by atoms with Gasteiger partial charge >= 0.3 is 0 Å². The number of rotatable bonds is 10. The third-order valence-corrected chi connectivity index (χ3v) is 6.15. The lowest BCUT2D eigenvalue weighted by Crippen LogP contribution is -2.34. The Hall–Kier alpha value is -2.45. The van der Waals surface area contributed by atoms with Crippen LogP contribution in [0.3, 0.4) is 0 Å². The molecule has 0 radical (unpaired) electrons. The number of amides is 2. The average molecular weight is 533 g/mol. The Morgan fingerprint density at radius 1 is 1.09 bits per heavy atom. The van der Waals surface area contributed by atoms with Gasteiger partial charge in [0.25, 0.3) is 5.91 Å². The third-order valence-electron chi connectivity index (χ3n) is 5.46. The molecule has 1 aliphatic carbocycles. The van der Waals surface area contributed by atoms with Crippen LogP contribution in [0.1, 0.15) is 61.4 Å². The zero-order valence-electron chi connectivity index (χ0n) is 19.0. The fourth-order valence-corrected chi connectivity index (χ4v) is 3.89. The Kier molecular flexibility index (Phi) is 9.26. The van der Waals surface area contributed by atoms with Gasteiger partial charge in [0.2, 0.25) is 5.91 Å². The summed E-state index contributed by atoms with van der Waals surface area (Å²) in [6, 6.07) is 10.9. The summed E-state index contributed by atoms with van der Waals surface area (Å²) in [6.45, 7) is 4.62. The van der Waals surface area contributed by atoms with Gasteiger partial charge in [0, 0.05) is 21.8 Å². The van der Waals surface area contributed by atoms with E-state index in [9.17, 15) is 9.59 Å². The maximum Gasteiger partial charge on any atom is 0.261 e. The van der Waals surface area contributed by atoms with Crippen LogP contribution in [-0.2, 0) is 4.79 Å². The first-order valence-electron chi connectivity index (χ1n) is 11.3. The van der Waals surface area contributed by atoms with Crippen molar-refractivity contribution in [2.45, 2.75) is 52.4 Å². The van der Waals surface area contributed by atoms with E-state index in [1.54, 1.807) is 12.1 Å². The van der Waals surface area contributed by atoms with E-state index in [4.69, 9.17) is 17.0 Å². The van der Waals surface area contributed by atoms with Gasteiger partial charge in [-0.1, -0.05) is 48.2 Å². The number of thiocarbonyl (C=S) groups is 1.